The van der Waals surface area contributed by atoms with E-state index in [2.05, 4.69) is 12.2 Å². The lowest BCUT2D eigenvalue weighted by molar-refractivity contribution is -0.137. The molecule has 0 aromatic rings. The molecular formula is C11H20N2O3S. The van der Waals surface area contributed by atoms with Gasteiger partial charge in [-0.1, -0.05) is 0 Å². The Morgan fingerprint density at radius 2 is 2.24 bits per heavy atom. The highest BCUT2D eigenvalue weighted by atomic mass is 32.2. The molecule has 2 N–H and O–H groups in total. The Kier molecular flexibility index (Phi) is 5.11. The van der Waals surface area contributed by atoms with Crippen molar-refractivity contribution in [2.75, 3.05) is 25.9 Å². The molecule has 1 aliphatic heterocycles. The van der Waals surface area contributed by atoms with Gasteiger partial charge in [0.2, 0.25) is 0 Å². The number of hydrogen-bond acceptors (Lipinski definition) is 3. The number of nitrogens with one attached hydrogen (secondary N) is 1. The molecule has 1 atom stereocenters. The van der Waals surface area contributed by atoms with Crippen molar-refractivity contribution in [1.82, 2.24) is 10.2 Å². The average Bonchev–Trinajstić information content (AvgIpc) is 2.70. The minimum Gasteiger partial charge on any atom is -0.481 e. The highest BCUT2D eigenvalue weighted by Crippen LogP contribution is 2.36. The van der Waals surface area contributed by atoms with Crippen molar-refractivity contribution in [3.8, 4) is 0 Å². The van der Waals surface area contributed by atoms with Crippen LogP contribution in [0.4, 0.5) is 4.79 Å². The first-order chi connectivity index (χ1) is 7.93. The molecule has 0 radical (unpaired) electrons. The average molecular weight is 260 g/mol. The van der Waals surface area contributed by atoms with Crippen LogP contribution in [0.5, 0.6) is 0 Å². The highest BCUT2D eigenvalue weighted by Gasteiger charge is 2.30. The van der Waals surface area contributed by atoms with E-state index >= 15 is 0 Å². The summed E-state index contributed by atoms with van der Waals surface area (Å²) < 4.78 is 0.142. The predicted molar refractivity (Wildman–Crippen MR) is 68.4 cm³/mol. The molecule has 17 heavy (non-hydrogen) atoms. The molecule has 1 saturated heterocycles. The molecule has 0 aromatic heterocycles. The van der Waals surface area contributed by atoms with Crippen LogP contribution in [0, 0.1) is 0 Å². The second-order valence-corrected chi connectivity index (χ2v) is 6.31. The summed E-state index contributed by atoms with van der Waals surface area (Å²) in [6.07, 6.45) is 2.30. The summed E-state index contributed by atoms with van der Waals surface area (Å²) >= 11 is 1.89. The molecule has 1 fully saturated rings. The molecule has 0 saturated carbocycles. The SMILES string of the molecule is CN(CCC(=O)O)C(=O)NCC1(C)CCCS1. The Balaban J connectivity index is 2.26. The number of carboxylic acid groups (broad SMARTS) is 1. The summed E-state index contributed by atoms with van der Waals surface area (Å²) in [5.41, 5.74) is 0. The molecule has 98 valence electrons. The zero-order valence-electron chi connectivity index (χ0n) is 10.4. The molecule has 1 unspecified atom stereocenters. The van der Waals surface area contributed by atoms with Gasteiger partial charge in [-0.2, -0.15) is 11.8 Å². The first-order valence-electron chi connectivity index (χ1n) is 5.78. The van der Waals surface area contributed by atoms with Crippen molar-refractivity contribution in [2.45, 2.75) is 30.9 Å². The summed E-state index contributed by atoms with van der Waals surface area (Å²) in [4.78, 5) is 23.5. The van der Waals surface area contributed by atoms with Gasteiger partial charge in [0.15, 0.2) is 0 Å². The third-order valence-electron chi connectivity index (χ3n) is 2.92. The number of carboxylic acids is 1. The first kappa shape index (κ1) is 14.2. The van der Waals surface area contributed by atoms with Gasteiger partial charge in [-0.15, -0.1) is 0 Å². The minimum atomic E-state index is -0.886. The number of amides is 2. The smallest absolute Gasteiger partial charge is 0.317 e. The fourth-order valence-corrected chi connectivity index (χ4v) is 2.98. The first-order valence-corrected chi connectivity index (χ1v) is 6.76. The quantitative estimate of drug-likeness (QED) is 0.783. The van der Waals surface area contributed by atoms with Gasteiger partial charge in [0.05, 0.1) is 6.42 Å². The van der Waals surface area contributed by atoms with Crippen LogP contribution in [0.25, 0.3) is 0 Å². The lowest BCUT2D eigenvalue weighted by atomic mass is 10.1. The Bertz CT molecular complexity index is 290. The van der Waals surface area contributed by atoms with E-state index in [0.29, 0.717) is 6.54 Å². The maximum absolute atomic E-state index is 11.7. The third-order valence-corrected chi connectivity index (χ3v) is 4.46. The van der Waals surface area contributed by atoms with Gasteiger partial charge in [0, 0.05) is 24.9 Å². The van der Waals surface area contributed by atoms with Gasteiger partial charge >= 0.3 is 12.0 Å². The van der Waals surface area contributed by atoms with Crippen LogP contribution in [0.2, 0.25) is 0 Å². The van der Waals surface area contributed by atoms with Crippen LogP contribution >= 0.6 is 11.8 Å². The molecule has 1 aliphatic rings. The van der Waals surface area contributed by atoms with E-state index in [4.69, 9.17) is 5.11 Å². The van der Waals surface area contributed by atoms with Crippen molar-refractivity contribution >= 4 is 23.8 Å². The molecule has 2 amide bonds. The van der Waals surface area contributed by atoms with Gasteiger partial charge in [-0.3, -0.25) is 4.79 Å². The monoisotopic (exact) mass is 260 g/mol. The largest absolute Gasteiger partial charge is 0.481 e. The number of hydrogen-bond donors (Lipinski definition) is 2. The molecule has 0 spiro atoms. The zero-order chi connectivity index (χ0) is 12.9. The summed E-state index contributed by atoms with van der Waals surface area (Å²) in [7, 11) is 1.61. The topological polar surface area (TPSA) is 69.6 Å². The number of urea groups is 1. The molecule has 5 nitrogen and oxygen atoms in total. The minimum absolute atomic E-state index is 0.0179. The molecule has 1 rings (SSSR count). The second-order valence-electron chi connectivity index (χ2n) is 4.63. The van der Waals surface area contributed by atoms with E-state index in [9.17, 15) is 9.59 Å². The third kappa shape index (κ3) is 4.85. The van der Waals surface area contributed by atoms with Crippen LogP contribution < -0.4 is 5.32 Å². The van der Waals surface area contributed by atoms with Crippen LogP contribution in [-0.2, 0) is 4.79 Å². The number of thioether (sulfide) groups is 1. The van der Waals surface area contributed by atoms with Gasteiger partial charge in [0.1, 0.15) is 0 Å². The number of carbonyl (C=O) groups is 2. The highest BCUT2D eigenvalue weighted by molar-refractivity contribution is 8.00. The van der Waals surface area contributed by atoms with Crippen LogP contribution in [0.15, 0.2) is 0 Å². The molecular weight excluding hydrogens is 240 g/mol. The van der Waals surface area contributed by atoms with Crippen LogP contribution in [0.3, 0.4) is 0 Å². The summed E-state index contributed by atoms with van der Waals surface area (Å²) in [6.45, 7) is 3.04. The fraction of sp³-hybridized carbons (Fsp3) is 0.818. The number of aliphatic carboxylic acids is 1. The van der Waals surface area contributed by atoms with Gasteiger partial charge in [-0.05, 0) is 25.5 Å². The van der Waals surface area contributed by atoms with Crippen LogP contribution in [-0.4, -0.2) is 52.6 Å². The van der Waals surface area contributed by atoms with Crippen LogP contribution in [0.1, 0.15) is 26.2 Å². The van der Waals surface area contributed by atoms with Crippen molar-refractivity contribution in [1.29, 1.82) is 0 Å². The zero-order valence-corrected chi connectivity index (χ0v) is 11.2. The molecule has 1 heterocycles. The second kappa shape index (κ2) is 6.14. The van der Waals surface area contributed by atoms with E-state index < -0.39 is 5.97 Å². The Morgan fingerprint density at radius 3 is 2.76 bits per heavy atom. The van der Waals surface area contributed by atoms with Gasteiger partial charge in [0.25, 0.3) is 0 Å². The number of carbonyl (C=O) groups excluding carboxylic acids is 1. The maximum atomic E-state index is 11.7. The van der Waals surface area contributed by atoms with Gasteiger partial charge in [-0.25, -0.2) is 4.79 Å². The van der Waals surface area contributed by atoms with Crippen molar-refractivity contribution in [3.63, 3.8) is 0 Å². The summed E-state index contributed by atoms with van der Waals surface area (Å²) in [6, 6.07) is -0.194. The summed E-state index contributed by atoms with van der Waals surface area (Å²) in [5.74, 6) is 0.268. The fourth-order valence-electron chi connectivity index (χ4n) is 1.74. The number of rotatable bonds is 5. The van der Waals surface area contributed by atoms with E-state index in [1.807, 2.05) is 11.8 Å². The Labute approximate surface area is 106 Å². The van der Waals surface area contributed by atoms with E-state index in [-0.39, 0.29) is 23.7 Å². The van der Waals surface area contributed by atoms with E-state index in [0.717, 1.165) is 12.2 Å². The Hall–Kier alpha value is -0.910. The van der Waals surface area contributed by atoms with Crippen molar-refractivity contribution in [2.24, 2.45) is 0 Å². The predicted octanol–water partition coefficient (Wildman–Crippen LogP) is 1.39. The normalized spacial score (nSPS) is 23.4. The molecule has 0 aliphatic carbocycles. The Morgan fingerprint density at radius 1 is 1.53 bits per heavy atom. The standard InChI is InChI=1S/C11H20N2O3S/c1-11(5-3-7-17-11)8-12-10(16)13(2)6-4-9(14)15/h3-8H2,1-2H3,(H,12,16)(H,14,15). The molecule has 0 bridgehead atoms. The van der Waals surface area contributed by atoms with Gasteiger partial charge < -0.3 is 15.3 Å². The van der Waals surface area contributed by atoms with E-state index in [1.54, 1.807) is 7.05 Å². The van der Waals surface area contributed by atoms with E-state index in [1.165, 1.54) is 11.3 Å². The maximum Gasteiger partial charge on any atom is 0.317 e. The number of nitrogens with zero attached hydrogens (tertiary/aromatic N) is 1. The lowest BCUT2D eigenvalue weighted by Gasteiger charge is -2.25. The molecule has 6 heteroatoms. The van der Waals surface area contributed by atoms with Crippen molar-refractivity contribution < 1.29 is 14.7 Å². The lowest BCUT2D eigenvalue weighted by Crippen LogP contribution is -2.43. The summed E-state index contributed by atoms with van der Waals surface area (Å²) in [5, 5.41) is 11.4. The molecule has 0 aromatic carbocycles. The van der Waals surface area contributed by atoms with Crippen molar-refractivity contribution in [3.05, 3.63) is 0 Å².